The molecule has 20 heavy (non-hydrogen) atoms. The molecule has 2 amide bonds. The molecule has 2 N–H and O–H groups in total. The lowest BCUT2D eigenvalue weighted by Gasteiger charge is -2.13. The van der Waals surface area contributed by atoms with E-state index in [-0.39, 0.29) is 11.8 Å². The van der Waals surface area contributed by atoms with Gasteiger partial charge in [0.1, 0.15) is 6.04 Å². The summed E-state index contributed by atoms with van der Waals surface area (Å²) in [5, 5.41) is 7.71. The molecule has 2 saturated carbocycles. The zero-order chi connectivity index (χ0) is 14.1. The van der Waals surface area contributed by atoms with E-state index in [0.29, 0.717) is 22.8 Å². The monoisotopic (exact) mass is 292 g/mol. The number of rotatable bonds is 4. The summed E-state index contributed by atoms with van der Waals surface area (Å²) >= 11 is 1.38. The summed E-state index contributed by atoms with van der Waals surface area (Å²) < 4.78 is 0. The second-order valence-electron chi connectivity index (χ2n) is 5.82. The van der Waals surface area contributed by atoms with Crippen molar-refractivity contribution >= 4 is 23.2 Å². The standard InChI is InChI=1S/C15H20N2O2S/c1-9(16-15(19)12-7-4-8-20-12)14(18)17-13-10-5-2-3-6-11(10)13/h4,7-11,13H,2-3,5-6H2,1H3,(H,16,19)(H,17,18)/t9-,10-,11-/m0/s1. The molecular weight excluding hydrogens is 272 g/mol. The smallest absolute Gasteiger partial charge is 0.261 e. The van der Waals surface area contributed by atoms with E-state index in [0.717, 1.165) is 0 Å². The van der Waals surface area contributed by atoms with Crippen LogP contribution >= 0.6 is 11.3 Å². The molecule has 0 radical (unpaired) electrons. The minimum atomic E-state index is -0.479. The molecule has 1 heterocycles. The van der Waals surface area contributed by atoms with Gasteiger partial charge in [-0.1, -0.05) is 18.9 Å². The molecule has 0 saturated heterocycles. The molecule has 1 aromatic rings. The van der Waals surface area contributed by atoms with E-state index in [1.807, 2.05) is 11.4 Å². The van der Waals surface area contributed by atoms with Gasteiger partial charge >= 0.3 is 0 Å². The molecule has 0 aliphatic heterocycles. The highest BCUT2D eigenvalue weighted by atomic mass is 32.1. The molecule has 0 unspecified atom stereocenters. The molecule has 108 valence electrons. The van der Waals surface area contributed by atoms with Gasteiger partial charge < -0.3 is 10.6 Å². The predicted molar refractivity (Wildman–Crippen MR) is 78.6 cm³/mol. The van der Waals surface area contributed by atoms with E-state index < -0.39 is 6.04 Å². The van der Waals surface area contributed by atoms with Gasteiger partial charge in [0.05, 0.1) is 4.88 Å². The van der Waals surface area contributed by atoms with Crippen molar-refractivity contribution in [3.05, 3.63) is 22.4 Å². The van der Waals surface area contributed by atoms with Crippen molar-refractivity contribution in [2.45, 2.75) is 44.7 Å². The lowest BCUT2D eigenvalue weighted by atomic mass is 10.0. The first-order valence-electron chi connectivity index (χ1n) is 7.31. The topological polar surface area (TPSA) is 58.2 Å². The number of nitrogens with one attached hydrogen (secondary N) is 2. The molecule has 4 nitrogen and oxygen atoms in total. The number of amides is 2. The van der Waals surface area contributed by atoms with Crippen LogP contribution in [0.4, 0.5) is 0 Å². The van der Waals surface area contributed by atoms with Gasteiger partial charge in [-0.25, -0.2) is 0 Å². The average molecular weight is 292 g/mol. The maximum Gasteiger partial charge on any atom is 0.261 e. The third kappa shape index (κ3) is 2.73. The van der Waals surface area contributed by atoms with E-state index in [2.05, 4.69) is 10.6 Å². The average Bonchev–Trinajstić information content (AvgIpc) is 2.90. The van der Waals surface area contributed by atoms with Gasteiger partial charge in [-0.05, 0) is 43.0 Å². The second kappa shape index (κ2) is 5.56. The Labute approximate surface area is 122 Å². The van der Waals surface area contributed by atoms with Crippen molar-refractivity contribution in [3.8, 4) is 0 Å². The van der Waals surface area contributed by atoms with Gasteiger partial charge in [0.25, 0.3) is 5.91 Å². The van der Waals surface area contributed by atoms with Crippen LogP contribution in [0.1, 0.15) is 42.3 Å². The Morgan fingerprint density at radius 3 is 2.60 bits per heavy atom. The fourth-order valence-corrected chi connectivity index (χ4v) is 3.86. The van der Waals surface area contributed by atoms with Gasteiger partial charge in [0.2, 0.25) is 5.91 Å². The van der Waals surface area contributed by atoms with Crippen molar-refractivity contribution < 1.29 is 9.59 Å². The molecule has 0 bridgehead atoms. The molecule has 0 spiro atoms. The zero-order valence-electron chi connectivity index (χ0n) is 11.6. The van der Waals surface area contributed by atoms with E-state index in [1.54, 1.807) is 13.0 Å². The lowest BCUT2D eigenvalue weighted by Crippen LogP contribution is -2.45. The number of carbonyl (C=O) groups is 2. The zero-order valence-corrected chi connectivity index (χ0v) is 12.4. The first-order chi connectivity index (χ1) is 9.66. The van der Waals surface area contributed by atoms with Gasteiger partial charge in [-0.15, -0.1) is 11.3 Å². The molecular formula is C15H20N2O2S. The van der Waals surface area contributed by atoms with E-state index in [1.165, 1.54) is 37.0 Å². The lowest BCUT2D eigenvalue weighted by molar-refractivity contribution is -0.122. The quantitative estimate of drug-likeness (QED) is 0.893. The second-order valence-corrected chi connectivity index (χ2v) is 6.77. The van der Waals surface area contributed by atoms with Crippen molar-refractivity contribution in [2.75, 3.05) is 0 Å². The van der Waals surface area contributed by atoms with Crippen LogP contribution in [-0.2, 0) is 4.79 Å². The van der Waals surface area contributed by atoms with Crippen LogP contribution in [0.25, 0.3) is 0 Å². The van der Waals surface area contributed by atoms with Gasteiger partial charge in [0, 0.05) is 6.04 Å². The molecule has 1 aromatic heterocycles. The Bertz CT molecular complexity index is 488. The number of hydrogen-bond donors (Lipinski definition) is 2. The third-order valence-electron chi connectivity index (χ3n) is 4.45. The Morgan fingerprint density at radius 2 is 2.00 bits per heavy atom. The minimum Gasteiger partial charge on any atom is -0.351 e. The van der Waals surface area contributed by atoms with Crippen molar-refractivity contribution in [1.29, 1.82) is 0 Å². The Kier molecular flexibility index (Phi) is 3.78. The summed E-state index contributed by atoms with van der Waals surface area (Å²) in [6.07, 6.45) is 5.06. The van der Waals surface area contributed by atoms with Gasteiger partial charge in [-0.3, -0.25) is 9.59 Å². The van der Waals surface area contributed by atoms with Crippen LogP contribution in [0.3, 0.4) is 0 Å². The van der Waals surface area contributed by atoms with Crippen LogP contribution < -0.4 is 10.6 Å². The van der Waals surface area contributed by atoms with Gasteiger partial charge in [0.15, 0.2) is 0 Å². The van der Waals surface area contributed by atoms with Crippen molar-refractivity contribution in [3.63, 3.8) is 0 Å². The summed E-state index contributed by atoms with van der Waals surface area (Å²) in [6, 6.07) is 3.47. The molecule has 0 aromatic carbocycles. The molecule has 3 atom stereocenters. The molecule has 5 heteroatoms. The SMILES string of the molecule is C[C@H](NC(=O)c1cccs1)C(=O)NC1[C@H]2CCCC[C@H]12. The van der Waals surface area contributed by atoms with Crippen LogP contribution in [0.5, 0.6) is 0 Å². The summed E-state index contributed by atoms with van der Waals surface area (Å²) in [7, 11) is 0. The van der Waals surface area contributed by atoms with Crippen LogP contribution in [0.15, 0.2) is 17.5 Å². The summed E-state index contributed by atoms with van der Waals surface area (Å²) in [4.78, 5) is 24.7. The largest absolute Gasteiger partial charge is 0.351 e. The summed E-state index contributed by atoms with van der Waals surface area (Å²) in [5.74, 6) is 1.14. The number of fused-ring (bicyclic) bond motifs is 1. The number of hydrogen-bond acceptors (Lipinski definition) is 3. The fraction of sp³-hybridized carbons (Fsp3) is 0.600. The summed E-state index contributed by atoms with van der Waals surface area (Å²) in [5.41, 5.74) is 0. The normalized spacial score (nSPS) is 29.1. The molecule has 2 aliphatic carbocycles. The highest BCUT2D eigenvalue weighted by Gasteiger charge is 2.51. The first kappa shape index (κ1) is 13.6. The molecule has 2 aliphatic rings. The van der Waals surface area contributed by atoms with Gasteiger partial charge in [-0.2, -0.15) is 0 Å². The minimum absolute atomic E-state index is 0.0608. The maximum atomic E-state index is 12.1. The van der Waals surface area contributed by atoms with Crippen molar-refractivity contribution in [1.82, 2.24) is 10.6 Å². The first-order valence-corrected chi connectivity index (χ1v) is 8.19. The number of carbonyl (C=O) groups excluding carboxylic acids is 2. The molecule has 3 rings (SSSR count). The summed E-state index contributed by atoms with van der Waals surface area (Å²) in [6.45, 7) is 1.74. The highest BCUT2D eigenvalue weighted by molar-refractivity contribution is 7.12. The Balaban J connectivity index is 1.49. The highest BCUT2D eigenvalue weighted by Crippen LogP contribution is 2.49. The van der Waals surface area contributed by atoms with E-state index in [4.69, 9.17) is 0 Å². The van der Waals surface area contributed by atoms with Crippen LogP contribution in [0.2, 0.25) is 0 Å². The molecule has 2 fully saturated rings. The number of thiophene rings is 1. The Hall–Kier alpha value is -1.36. The fourth-order valence-electron chi connectivity index (χ4n) is 3.24. The van der Waals surface area contributed by atoms with Crippen molar-refractivity contribution in [2.24, 2.45) is 11.8 Å². The van der Waals surface area contributed by atoms with E-state index in [9.17, 15) is 9.59 Å². The van der Waals surface area contributed by atoms with E-state index >= 15 is 0 Å². The predicted octanol–water partition coefficient (Wildman–Crippen LogP) is 2.17. The maximum absolute atomic E-state index is 12.1. The van der Waals surface area contributed by atoms with Crippen LogP contribution in [0, 0.1) is 11.8 Å². The van der Waals surface area contributed by atoms with Crippen LogP contribution in [-0.4, -0.2) is 23.9 Å². The Morgan fingerprint density at radius 1 is 1.30 bits per heavy atom. The third-order valence-corrected chi connectivity index (χ3v) is 5.32.